The summed E-state index contributed by atoms with van der Waals surface area (Å²) in [6, 6.07) is 3.52. The normalized spacial score (nSPS) is 10.4. The number of aryl methyl sites for hydroxylation is 1. The molecule has 88 valence electrons. The van der Waals surface area contributed by atoms with Gasteiger partial charge in [-0.3, -0.25) is 4.68 Å². The van der Waals surface area contributed by atoms with Gasteiger partial charge in [-0.15, -0.1) is 11.8 Å². The first-order valence-electron chi connectivity index (χ1n) is 4.95. The highest BCUT2D eigenvalue weighted by atomic mass is 32.2. The van der Waals surface area contributed by atoms with Crippen molar-refractivity contribution in [1.29, 1.82) is 0 Å². The molecule has 17 heavy (non-hydrogen) atoms. The van der Waals surface area contributed by atoms with Crippen LogP contribution in [0.1, 0.15) is 16.1 Å². The Morgan fingerprint density at radius 3 is 3.06 bits per heavy atom. The molecular weight excluding hydrogens is 238 g/mol. The van der Waals surface area contributed by atoms with Crippen molar-refractivity contribution >= 4 is 17.7 Å². The molecule has 0 radical (unpaired) electrons. The lowest BCUT2D eigenvalue weighted by molar-refractivity contribution is 0.0689. The predicted molar refractivity (Wildman–Crippen MR) is 64.0 cm³/mol. The zero-order valence-electron chi connectivity index (χ0n) is 9.20. The van der Waals surface area contributed by atoms with Crippen molar-refractivity contribution in [2.45, 2.75) is 10.6 Å². The highest BCUT2D eigenvalue weighted by Crippen LogP contribution is 2.22. The van der Waals surface area contributed by atoms with E-state index >= 15 is 0 Å². The molecule has 0 unspecified atom stereocenters. The van der Waals surface area contributed by atoms with Crippen LogP contribution in [0.2, 0.25) is 0 Å². The van der Waals surface area contributed by atoms with Crippen molar-refractivity contribution in [3.8, 4) is 0 Å². The number of carboxylic acid groups (broad SMARTS) is 1. The Morgan fingerprint density at radius 2 is 2.41 bits per heavy atom. The number of thioether (sulfide) groups is 1. The van der Waals surface area contributed by atoms with Gasteiger partial charge in [0, 0.05) is 30.1 Å². The van der Waals surface area contributed by atoms with E-state index in [0.29, 0.717) is 11.3 Å². The van der Waals surface area contributed by atoms with Gasteiger partial charge in [0.15, 0.2) is 5.69 Å². The fourth-order valence-electron chi connectivity index (χ4n) is 1.38. The molecule has 0 saturated heterocycles. The van der Waals surface area contributed by atoms with E-state index in [0.717, 1.165) is 4.90 Å². The minimum absolute atomic E-state index is 0.115. The summed E-state index contributed by atoms with van der Waals surface area (Å²) in [7, 11) is 1.84. The second kappa shape index (κ2) is 5.01. The molecule has 0 aliphatic carbocycles. The maximum Gasteiger partial charge on any atom is 0.354 e. The largest absolute Gasteiger partial charge is 0.477 e. The van der Waals surface area contributed by atoms with Crippen molar-refractivity contribution in [3.63, 3.8) is 0 Å². The number of hydrogen-bond donors (Lipinski definition) is 1. The second-order valence-corrected chi connectivity index (χ2v) is 4.50. The molecule has 2 rings (SSSR count). The molecule has 2 heterocycles. The Labute approximate surface area is 102 Å². The van der Waals surface area contributed by atoms with Crippen molar-refractivity contribution < 1.29 is 9.90 Å². The Hall–Kier alpha value is -1.82. The lowest BCUT2D eigenvalue weighted by Gasteiger charge is -2.03. The van der Waals surface area contributed by atoms with Crippen molar-refractivity contribution in [2.24, 2.45) is 7.05 Å². The van der Waals surface area contributed by atoms with E-state index in [9.17, 15) is 4.79 Å². The summed E-state index contributed by atoms with van der Waals surface area (Å²) in [5.41, 5.74) is 0.831. The SMILES string of the molecule is Cn1cc(SCc2cccnc2C(=O)O)cn1. The molecule has 0 aliphatic rings. The van der Waals surface area contributed by atoms with Crippen LogP contribution >= 0.6 is 11.8 Å². The summed E-state index contributed by atoms with van der Waals surface area (Å²) in [6.45, 7) is 0. The highest BCUT2D eigenvalue weighted by Gasteiger charge is 2.11. The summed E-state index contributed by atoms with van der Waals surface area (Å²) in [5.74, 6) is -0.423. The lowest BCUT2D eigenvalue weighted by Crippen LogP contribution is -2.04. The summed E-state index contributed by atoms with van der Waals surface area (Å²) in [5, 5.41) is 13.0. The quantitative estimate of drug-likeness (QED) is 0.837. The summed E-state index contributed by atoms with van der Waals surface area (Å²) in [6.07, 6.45) is 5.13. The third-order valence-corrected chi connectivity index (χ3v) is 3.17. The number of aromatic carboxylic acids is 1. The van der Waals surface area contributed by atoms with Crippen LogP contribution in [0.5, 0.6) is 0 Å². The van der Waals surface area contributed by atoms with Crippen LogP contribution in [0.15, 0.2) is 35.6 Å². The van der Waals surface area contributed by atoms with Crippen molar-refractivity contribution in [3.05, 3.63) is 42.0 Å². The average molecular weight is 249 g/mol. The summed E-state index contributed by atoms with van der Waals surface area (Å²) < 4.78 is 1.71. The number of carbonyl (C=O) groups is 1. The zero-order valence-corrected chi connectivity index (χ0v) is 10.0. The molecule has 2 aromatic rings. The van der Waals surface area contributed by atoms with Crippen molar-refractivity contribution in [2.75, 3.05) is 0 Å². The first-order chi connectivity index (χ1) is 8.16. The minimum Gasteiger partial charge on any atom is -0.477 e. The van der Waals surface area contributed by atoms with Crippen LogP contribution in [0.3, 0.4) is 0 Å². The van der Waals surface area contributed by atoms with Crippen LogP contribution in [0.25, 0.3) is 0 Å². The fourth-order valence-corrected chi connectivity index (χ4v) is 2.29. The molecule has 1 N–H and O–H groups in total. The first-order valence-corrected chi connectivity index (χ1v) is 5.94. The number of carboxylic acids is 1. The van der Waals surface area contributed by atoms with E-state index in [4.69, 9.17) is 5.11 Å². The van der Waals surface area contributed by atoms with Gasteiger partial charge in [-0.25, -0.2) is 9.78 Å². The monoisotopic (exact) mass is 249 g/mol. The Bertz CT molecular complexity index is 539. The molecule has 0 aromatic carbocycles. The summed E-state index contributed by atoms with van der Waals surface area (Å²) in [4.78, 5) is 15.8. The molecular formula is C11H11N3O2S. The van der Waals surface area contributed by atoms with Gasteiger partial charge < -0.3 is 5.11 Å². The van der Waals surface area contributed by atoms with Crippen LogP contribution < -0.4 is 0 Å². The van der Waals surface area contributed by atoms with Gasteiger partial charge in [0.05, 0.1) is 6.20 Å². The van der Waals surface area contributed by atoms with Crippen LogP contribution in [0, 0.1) is 0 Å². The van der Waals surface area contributed by atoms with Crippen molar-refractivity contribution in [1.82, 2.24) is 14.8 Å². The minimum atomic E-state index is -0.993. The fraction of sp³-hybridized carbons (Fsp3) is 0.182. The standard InChI is InChI=1S/C11H11N3O2S/c1-14-6-9(5-13-14)17-7-8-3-2-4-12-10(8)11(15)16/h2-6H,7H2,1H3,(H,15,16). The topological polar surface area (TPSA) is 68.0 Å². The molecule has 0 aliphatic heterocycles. The molecule has 0 atom stereocenters. The second-order valence-electron chi connectivity index (χ2n) is 3.45. The van der Waals surface area contributed by atoms with E-state index in [2.05, 4.69) is 10.1 Å². The van der Waals surface area contributed by atoms with Crippen LogP contribution in [0.4, 0.5) is 0 Å². The third kappa shape index (κ3) is 2.85. The van der Waals surface area contributed by atoms with Crippen LogP contribution in [-0.4, -0.2) is 25.8 Å². The first kappa shape index (κ1) is 11.7. The van der Waals surface area contributed by atoms with Gasteiger partial charge in [-0.1, -0.05) is 6.07 Å². The molecule has 0 fully saturated rings. The number of aromatic nitrogens is 3. The molecule has 0 bridgehead atoms. The molecule has 6 heteroatoms. The number of rotatable bonds is 4. The maximum absolute atomic E-state index is 10.9. The van der Waals surface area contributed by atoms with Gasteiger partial charge in [-0.2, -0.15) is 5.10 Å². The third-order valence-electron chi connectivity index (χ3n) is 2.17. The van der Waals surface area contributed by atoms with E-state index in [-0.39, 0.29) is 5.69 Å². The Morgan fingerprint density at radius 1 is 1.59 bits per heavy atom. The van der Waals surface area contributed by atoms with E-state index in [1.807, 2.05) is 13.2 Å². The lowest BCUT2D eigenvalue weighted by atomic mass is 10.2. The predicted octanol–water partition coefficient (Wildman–Crippen LogP) is 1.81. The summed E-state index contributed by atoms with van der Waals surface area (Å²) >= 11 is 1.54. The number of hydrogen-bond acceptors (Lipinski definition) is 4. The van der Waals surface area contributed by atoms with Gasteiger partial charge >= 0.3 is 5.97 Å². The molecule has 2 aromatic heterocycles. The molecule has 0 saturated carbocycles. The number of nitrogens with zero attached hydrogens (tertiary/aromatic N) is 3. The van der Waals surface area contributed by atoms with Gasteiger partial charge in [0.1, 0.15) is 0 Å². The van der Waals surface area contributed by atoms with Gasteiger partial charge in [-0.05, 0) is 11.6 Å². The molecule has 0 amide bonds. The van der Waals surface area contributed by atoms with Crippen LogP contribution in [-0.2, 0) is 12.8 Å². The van der Waals surface area contributed by atoms with E-state index < -0.39 is 5.97 Å². The highest BCUT2D eigenvalue weighted by molar-refractivity contribution is 7.98. The van der Waals surface area contributed by atoms with Gasteiger partial charge in [0.25, 0.3) is 0 Å². The molecule has 5 nitrogen and oxygen atoms in total. The molecule has 0 spiro atoms. The van der Waals surface area contributed by atoms with E-state index in [1.165, 1.54) is 18.0 Å². The average Bonchev–Trinajstić information content (AvgIpc) is 2.73. The zero-order chi connectivity index (χ0) is 12.3. The maximum atomic E-state index is 10.9. The number of pyridine rings is 1. The van der Waals surface area contributed by atoms with Gasteiger partial charge in [0.2, 0.25) is 0 Å². The smallest absolute Gasteiger partial charge is 0.354 e. The van der Waals surface area contributed by atoms with E-state index in [1.54, 1.807) is 23.0 Å². The Balaban J connectivity index is 2.11. The Kier molecular flexibility index (Phi) is 3.43.